The molecule has 0 aliphatic carbocycles. The second kappa shape index (κ2) is 6.77. The summed E-state index contributed by atoms with van der Waals surface area (Å²) in [6.07, 6.45) is 0. The fourth-order valence-electron chi connectivity index (χ4n) is 1.66. The average Bonchev–Trinajstić information content (AvgIpc) is 2.44. The Morgan fingerprint density at radius 3 is 2.43 bits per heavy atom. The molecular formula is C13H21N3O4S. The van der Waals surface area contributed by atoms with Crippen LogP contribution in [0.25, 0.3) is 0 Å². The van der Waals surface area contributed by atoms with Gasteiger partial charge in [-0.15, -0.1) is 0 Å². The Bertz CT molecular complexity index is 614. The van der Waals surface area contributed by atoms with Crippen molar-refractivity contribution in [3.8, 4) is 5.75 Å². The number of ether oxygens (including phenoxy) is 1. The molecule has 118 valence electrons. The van der Waals surface area contributed by atoms with E-state index < -0.39 is 10.0 Å². The van der Waals surface area contributed by atoms with E-state index in [1.807, 2.05) is 0 Å². The van der Waals surface area contributed by atoms with Gasteiger partial charge in [0.1, 0.15) is 5.75 Å². The lowest BCUT2D eigenvalue weighted by molar-refractivity contribution is -0.128. The number of likely N-dealkylation sites (N-methyl/N-ethyl adjacent to an activating group) is 2. The van der Waals surface area contributed by atoms with Crippen molar-refractivity contribution in [3.63, 3.8) is 0 Å². The Morgan fingerprint density at radius 2 is 1.95 bits per heavy atom. The minimum atomic E-state index is -3.78. The van der Waals surface area contributed by atoms with Crippen LogP contribution in [0.4, 0.5) is 5.69 Å². The SMILES string of the molecule is CCN(CC(=O)N(C)C)S(=O)(=O)c1ccc(N)c(OC)c1. The van der Waals surface area contributed by atoms with Gasteiger partial charge in [-0.2, -0.15) is 4.31 Å². The number of sulfonamides is 1. The number of amides is 1. The molecule has 21 heavy (non-hydrogen) atoms. The minimum absolute atomic E-state index is 0.0435. The Kier molecular flexibility index (Phi) is 5.56. The number of hydrogen-bond acceptors (Lipinski definition) is 5. The number of nitrogen functional groups attached to an aromatic ring is 1. The molecule has 7 nitrogen and oxygen atoms in total. The highest BCUT2D eigenvalue weighted by molar-refractivity contribution is 7.89. The molecular weight excluding hydrogens is 294 g/mol. The van der Waals surface area contributed by atoms with Crippen molar-refractivity contribution in [2.45, 2.75) is 11.8 Å². The third-order valence-corrected chi connectivity index (χ3v) is 4.92. The third-order valence-electron chi connectivity index (χ3n) is 3.01. The first-order chi connectivity index (χ1) is 9.73. The van der Waals surface area contributed by atoms with Crippen LogP contribution in [-0.4, -0.2) is 57.8 Å². The second-order valence-electron chi connectivity index (χ2n) is 4.62. The highest BCUT2D eigenvalue weighted by atomic mass is 32.2. The molecule has 0 spiro atoms. The van der Waals surface area contributed by atoms with Gasteiger partial charge >= 0.3 is 0 Å². The summed E-state index contributed by atoms with van der Waals surface area (Å²) >= 11 is 0. The van der Waals surface area contributed by atoms with Crippen LogP contribution < -0.4 is 10.5 Å². The van der Waals surface area contributed by atoms with Crippen LogP contribution in [0.15, 0.2) is 23.1 Å². The van der Waals surface area contributed by atoms with Crippen molar-refractivity contribution in [2.75, 3.05) is 40.0 Å². The molecule has 0 radical (unpaired) electrons. The molecule has 1 amide bonds. The molecule has 0 fully saturated rings. The summed E-state index contributed by atoms with van der Waals surface area (Å²) in [4.78, 5) is 13.1. The number of carbonyl (C=O) groups excluding carboxylic acids is 1. The summed E-state index contributed by atoms with van der Waals surface area (Å²) in [5, 5.41) is 0. The van der Waals surface area contributed by atoms with Gasteiger partial charge in [0.2, 0.25) is 15.9 Å². The van der Waals surface area contributed by atoms with Crippen LogP contribution in [0.5, 0.6) is 5.75 Å². The predicted molar refractivity (Wildman–Crippen MR) is 80.5 cm³/mol. The maximum Gasteiger partial charge on any atom is 0.243 e. The first kappa shape index (κ1) is 17.3. The van der Waals surface area contributed by atoms with E-state index in [4.69, 9.17) is 10.5 Å². The Hall–Kier alpha value is -1.80. The summed E-state index contributed by atoms with van der Waals surface area (Å²) in [6, 6.07) is 4.22. The summed E-state index contributed by atoms with van der Waals surface area (Å²) in [6.45, 7) is 1.65. The van der Waals surface area contributed by atoms with E-state index in [-0.39, 0.29) is 29.6 Å². The monoisotopic (exact) mass is 315 g/mol. The number of nitrogens with two attached hydrogens (primary N) is 1. The molecule has 0 aromatic heterocycles. The van der Waals surface area contributed by atoms with Crippen LogP contribution in [0.1, 0.15) is 6.92 Å². The molecule has 1 aromatic rings. The topological polar surface area (TPSA) is 92.9 Å². The van der Waals surface area contributed by atoms with Gasteiger partial charge in [0.15, 0.2) is 0 Å². The summed E-state index contributed by atoms with van der Waals surface area (Å²) in [7, 11) is 0.790. The molecule has 0 aliphatic heterocycles. The van der Waals surface area contributed by atoms with Gasteiger partial charge in [0.25, 0.3) is 0 Å². The minimum Gasteiger partial charge on any atom is -0.495 e. The average molecular weight is 315 g/mol. The highest BCUT2D eigenvalue weighted by Gasteiger charge is 2.26. The van der Waals surface area contributed by atoms with Gasteiger partial charge in [-0.1, -0.05) is 6.92 Å². The Balaban J connectivity index is 3.15. The zero-order chi connectivity index (χ0) is 16.2. The number of rotatable bonds is 6. The molecule has 0 aliphatic rings. The fraction of sp³-hybridized carbons (Fsp3) is 0.462. The second-order valence-corrected chi connectivity index (χ2v) is 6.56. The van der Waals surface area contributed by atoms with E-state index in [1.165, 1.54) is 30.2 Å². The van der Waals surface area contributed by atoms with Crippen LogP contribution in [0.2, 0.25) is 0 Å². The van der Waals surface area contributed by atoms with Gasteiger partial charge < -0.3 is 15.4 Å². The molecule has 1 aromatic carbocycles. The molecule has 8 heteroatoms. The van der Waals surface area contributed by atoms with Crippen LogP contribution in [0.3, 0.4) is 0 Å². The van der Waals surface area contributed by atoms with Gasteiger partial charge in [0, 0.05) is 26.7 Å². The molecule has 0 atom stereocenters. The fourth-order valence-corrected chi connectivity index (χ4v) is 3.07. The molecule has 0 saturated carbocycles. The normalized spacial score (nSPS) is 11.5. The van der Waals surface area contributed by atoms with E-state index in [9.17, 15) is 13.2 Å². The van der Waals surface area contributed by atoms with Crippen LogP contribution in [-0.2, 0) is 14.8 Å². The summed E-state index contributed by atoms with van der Waals surface area (Å²) < 4.78 is 31.3. The van der Waals surface area contributed by atoms with Crippen molar-refractivity contribution in [1.82, 2.24) is 9.21 Å². The smallest absolute Gasteiger partial charge is 0.243 e. The first-order valence-corrected chi connectivity index (χ1v) is 7.81. The van der Waals surface area contributed by atoms with Crippen LogP contribution in [0, 0.1) is 0 Å². The van der Waals surface area contributed by atoms with Crippen LogP contribution >= 0.6 is 0 Å². The van der Waals surface area contributed by atoms with Gasteiger partial charge in [-0.05, 0) is 12.1 Å². The van der Waals surface area contributed by atoms with E-state index in [2.05, 4.69) is 0 Å². The molecule has 2 N–H and O–H groups in total. The number of hydrogen-bond donors (Lipinski definition) is 1. The van der Waals surface area contributed by atoms with E-state index in [0.29, 0.717) is 5.69 Å². The number of methoxy groups -OCH3 is 1. The lowest BCUT2D eigenvalue weighted by Crippen LogP contribution is -2.40. The zero-order valence-corrected chi connectivity index (χ0v) is 13.5. The third kappa shape index (κ3) is 3.85. The Morgan fingerprint density at radius 1 is 1.33 bits per heavy atom. The van der Waals surface area contributed by atoms with E-state index >= 15 is 0 Å². The van der Waals surface area contributed by atoms with Crippen molar-refractivity contribution >= 4 is 21.6 Å². The van der Waals surface area contributed by atoms with E-state index in [1.54, 1.807) is 21.0 Å². The lowest BCUT2D eigenvalue weighted by atomic mass is 10.3. The zero-order valence-electron chi connectivity index (χ0n) is 12.7. The first-order valence-electron chi connectivity index (χ1n) is 6.37. The predicted octanol–water partition coefficient (Wildman–Crippen LogP) is 0.376. The molecule has 0 saturated heterocycles. The molecule has 0 unspecified atom stereocenters. The van der Waals surface area contributed by atoms with Crippen molar-refractivity contribution < 1.29 is 17.9 Å². The van der Waals surface area contributed by atoms with Crippen molar-refractivity contribution in [1.29, 1.82) is 0 Å². The van der Waals surface area contributed by atoms with E-state index in [0.717, 1.165) is 4.31 Å². The van der Waals surface area contributed by atoms with Crippen molar-refractivity contribution in [3.05, 3.63) is 18.2 Å². The quantitative estimate of drug-likeness (QED) is 0.766. The van der Waals surface area contributed by atoms with Gasteiger partial charge in [0.05, 0.1) is 24.2 Å². The van der Waals surface area contributed by atoms with Gasteiger partial charge in [-0.3, -0.25) is 4.79 Å². The maximum absolute atomic E-state index is 12.6. The molecule has 1 rings (SSSR count). The van der Waals surface area contributed by atoms with Crippen molar-refractivity contribution in [2.24, 2.45) is 0 Å². The Labute approximate surface area is 125 Å². The maximum atomic E-state index is 12.6. The summed E-state index contributed by atoms with van der Waals surface area (Å²) in [5.41, 5.74) is 6.03. The number of benzene rings is 1. The summed E-state index contributed by atoms with van der Waals surface area (Å²) in [5.74, 6) is -0.00565. The lowest BCUT2D eigenvalue weighted by Gasteiger charge is -2.22. The molecule has 0 heterocycles. The number of nitrogens with zero attached hydrogens (tertiary/aromatic N) is 2. The van der Waals surface area contributed by atoms with Gasteiger partial charge in [-0.25, -0.2) is 8.42 Å². The highest BCUT2D eigenvalue weighted by Crippen LogP contribution is 2.26. The largest absolute Gasteiger partial charge is 0.495 e. The number of carbonyl (C=O) groups is 1. The standard InChI is InChI=1S/C13H21N3O4S/c1-5-16(9-13(17)15(2)3)21(18,19)10-6-7-11(14)12(8-10)20-4/h6-8H,5,9,14H2,1-4H3. The molecule has 0 bridgehead atoms. The number of anilines is 1.